The van der Waals surface area contributed by atoms with Gasteiger partial charge in [0, 0.05) is 12.1 Å². The van der Waals surface area contributed by atoms with E-state index in [1.54, 1.807) is 0 Å². The van der Waals surface area contributed by atoms with E-state index in [-0.39, 0.29) is 17.6 Å². The maximum absolute atomic E-state index is 8.55. The zero-order valence-corrected chi connectivity index (χ0v) is 13.7. The molecule has 0 spiro atoms. The fraction of sp³-hybridized carbons (Fsp3) is 0.333. The third-order valence-electron chi connectivity index (χ3n) is 3.21. The minimum atomic E-state index is 0. The molecule has 0 aliphatic heterocycles. The van der Waals surface area contributed by atoms with Crippen LogP contribution >= 0.6 is 0 Å². The van der Waals surface area contributed by atoms with E-state index in [2.05, 4.69) is 11.0 Å². The van der Waals surface area contributed by atoms with Gasteiger partial charge in [0.2, 0.25) is 0 Å². The van der Waals surface area contributed by atoms with E-state index in [1.165, 1.54) is 11.1 Å². The lowest BCUT2D eigenvalue weighted by Gasteiger charge is -2.07. The standard InChI is InChI=1S/2C9H13NO.H2O/c2*1-8(10-11)7-9-5-3-2-4-6-9;/h2*2-6,8,10-11H,7H2,1H3;1H2. The number of rotatable bonds is 6. The van der Waals surface area contributed by atoms with E-state index in [0.717, 1.165) is 12.8 Å². The van der Waals surface area contributed by atoms with Crippen molar-refractivity contribution in [1.29, 1.82) is 0 Å². The Labute approximate surface area is 138 Å². The predicted molar refractivity (Wildman–Crippen MR) is 92.7 cm³/mol. The van der Waals surface area contributed by atoms with Crippen molar-refractivity contribution < 1.29 is 15.9 Å². The summed E-state index contributed by atoms with van der Waals surface area (Å²) in [7, 11) is 0. The number of hydrogen-bond acceptors (Lipinski definition) is 4. The van der Waals surface area contributed by atoms with Crippen molar-refractivity contribution in [3.63, 3.8) is 0 Å². The van der Waals surface area contributed by atoms with Crippen LogP contribution in [0.25, 0.3) is 0 Å². The van der Waals surface area contributed by atoms with Crippen LogP contribution in [0, 0.1) is 0 Å². The summed E-state index contributed by atoms with van der Waals surface area (Å²) in [6.07, 6.45) is 1.72. The Kier molecular flexibility index (Phi) is 11.8. The van der Waals surface area contributed by atoms with Crippen molar-refractivity contribution in [2.75, 3.05) is 0 Å². The normalized spacial score (nSPS) is 12.3. The summed E-state index contributed by atoms with van der Waals surface area (Å²) in [5.74, 6) is 0. The molecule has 0 aromatic heterocycles. The lowest BCUT2D eigenvalue weighted by molar-refractivity contribution is 0.132. The summed E-state index contributed by atoms with van der Waals surface area (Å²) in [5.41, 5.74) is 6.90. The Balaban J connectivity index is 0.000000403. The molecule has 0 amide bonds. The first-order chi connectivity index (χ1) is 10.7. The zero-order chi connectivity index (χ0) is 16.2. The molecule has 2 aromatic carbocycles. The number of hydrogen-bond donors (Lipinski definition) is 4. The van der Waals surface area contributed by atoms with Crippen molar-refractivity contribution in [2.24, 2.45) is 0 Å². The summed E-state index contributed by atoms with van der Waals surface area (Å²) in [5, 5.41) is 17.1. The van der Waals surface area contributed by atoms with Gasteiger partial charge in [-0.05, 0) is 37.8 Å². The van der Waals surface area contributed by atoms with E-state index in [4.69, 9.17) is 10.4 Å². The lowest BCUT2D eigenvalue weighted by atomic mass is 10.1. The average molecular weight is 320 g/mol. The van der Waals surface area contributed by atoms with Crippen molar-refractivity contribution >= 4 is 0 Å². The van der Waals surface area contributed by atoms with Gasteiger partial charge < -0.3 is 15.9 Å². The monoisotopic (exact) mass is 320 g/mol. The second kappa shape index (κ2) is 12.8. The van der Waals surface area contributed by atoms with Crippen LogP contribution < -0.4 is 11.0 Å². The van der Waals surface area contributed by atoms with Gasteiger partial charge >= 0.3 is 0 Å². The number of nitrogens with one attached hydrogen (secondary N) is 2. The Morgan fingerprint density at radius 1 is 0.696 bits per heavy atom. The molecule has 2 rings (SSSR count). The van der Waals surface area contributed by atoms with Crippen LogP contribution in [0.5, 0.6) is 0 Å². The first-order valence-corrected chi connectivity index (χ1v) is 7.52. The Morgan fingerprint density at radius 2 is 1.00 bits per heavy atom. The van der Waals surface area contributed by atoms with Crippen molar-refractivity contribution in [3.05, 3.63) is 71.8 Å². The van der Waals surface area contributed by atoms with Crippen LogP contribution in [0.1, 0.15) is 25.0 Å². The number of benzene rings is 2. The molecule has 23 heavy (non-hydrogen) atoms. The molecule has 2 unspecified atom stereocenters. The van der Waals surface area contributed by atoms with Gasteiger partial charge in [-0.3, -0.25) is 0 Å². The van der Waals surface area contributed by atoms with Gasteiger partial charge in [-0.1, -0.05) is 60.7 Å². The van der Waals surface area contributed by atoms with E-state index >= 15 is 0 Å². The quantitative estimate of drug-likeness (QED) is 0.614. The highest BCUT2D eigenvalue weighted by atomic mass is 16.5. The molecule has 2 atom stereocenters. The molecule has 0 aliphatic carbocycles. The molecule has 5 heteroatoms. The molecular weight excluding hydrogens is 292 g/mol. The summed E-state index contributed by atoms with van der Waals surface area (Å²) in [6, 6.07) is 20.4. The van der Waals surface area contributed by atoms with Gasteiger partial charge in [-0.2, -0.15) is 0 Å². The van der Waals surface area contributed by atoms with Crippen molar-refractivity contribution in [1.82, 2.24) is 11.0 Å². The summed E-state index contributed by atoms with van der Waals surface area (Å²) >= 11 is 0. The van der Waals surface area contributed by atoms with E-state index in [0.29, 0.717) is 0 Å². The highest BCUT2D eigenvalue weighted by molar-refractivity contribution is 5.16. The molecule has 0 saturated carbocycles. The third kappa shape index (κ3) is 9.78. The smallest absolute Gasteiger partial charge is 0.0331 e. The van der Waals surface area contributed by atoms with Crippen molar-refractivity contribution in [3.8, 4) is 0 Å². The minimum absolute atomic E-state index is 0. The van der Waals surface area contributed by atoms with Gasteiger partial charge in [-0.15, -0.1) is 0 Å². The molecular formula is C18H28N2O3. The highest BCUT2D eigenvalue weighted by Crippen LogP contribution is 2.02. The predicted octanol–water partition coefficient (Wildman–Crippen LogP) is 2.37. The van der Waals surface area contributed by atoms with Crippen LogP contribution in [-0.2, 0) is 12.8 Å². The zero-order valence-electron chi connectivity index (χ0n) is 13.7. The summed E-state index contributed by atoms with van der Waals surface area (Å²) in [6.45, 7) is 3.88. The molecule has 128 valence electrons. The molecule has 2 aromatic rings. The second-order valence-corrected chi connectivity index (χ2v) is 5.44. The van der Waals surface area contributed by atoms with Crippen LogP contribution in [-0.4, -0.2) is 28.0 Å². The maximum Gasteiger partial charge on any atom is 0.0331 e. The van der Waals surface area contributed by atoms with Crippen LogP contribution in [0.4, 0.5) is 0 Å². The van der Waals surface area contributed by atoms with E-state index in [1.807, 2.05) is 74.5 Å². The van der Waals surface area contributed by atoms with Crippen LogP contribution in [0.3, 0.4) is 0 Å². The Hall–Kier alpha value is -1.76. The number of hydroxylamine groups is 2. The fourth-order valence-electron chi connectivity index (χ4n) is 2.03. The third-order valence-corrected chi connectivity index (χ3v) is 3.21. The van der Waals surface area contributed by atoms with Crippen molar-refractivity contribution in [2.45, 2.75) is 38.8 Å². The maximum atomic E-state index is 8.55. The van der Waals surface area contributed by atoms with Gasteiger partial charge in [0.25, 0.3) is 0 Å². The molecule has 0 heterocycles. The average Bonchev–Trinajstić information content (AvgIpc) is 2.57. The van der Waals surface area contributed by atoms with E-state index in [9.17, 15) is 0 Å². The molecule has 6 N–H and O–H groups in total. The lowest BCUT2D eigenvalue weighted by Crippen LogP contribution is -2.24. The minimum Gasteiger partial charge on any atom is -0.412 e. The van der Waals surface area contributed by atoms with Gasteiger partial charge in [0.1, 0.15) is 0 Å². The molecule has 0 aliphatic rings. The molecule has 5 nitrogen and oxygen atoms in total. The molecule has 0 radical (unpaired) electrons. The van der Waals surface area contributed by atoms with Gasteiger partial charge in [-0.25, -0.2) is 11.0 Å². The van der Waals surface area contributed by atoms with Crippen LogP contribution in [0.2, 0.25) is 0 Å². The van der Waals surface area contributed by atoms with E-state index < -0.39 is 0 Å². The topological polar surface area (TPSA) is 96.0 Å². The summed E-state index contributed by atoms with van der Waals surface area (Å²) < 4.78 is 0. The Bertz CT molecular complexity index is 447. The summed E-state index contributed by atoms with van der Waals surface area (Å²) in [4.78, 5) is 0. The largest absolute Gasteiger partial charge is 0.412 e. The fourth-order valence-corrected chi connectivity index (χ4v) is 2.03. The molecule has 0 fully saturated rings. The molecule has 0 bridgehead atoms. The van der Waals surface area contributed by atoms with Gasteiger partial charge in [0.15, 0.2) is 0 Å². The van der Waals surface area contributed by atoms with Crippen LogP contribution in [0.15, 0.2) is 60.7 Å². The first-order valence-electron chi connectivity index (χ1n) is 7.52. The first kappa shape index (κ1) is 21.2. The highest BCUT2D eigenvalue weighted by Gasteiger charge is 1.99. The second-order valence-electron chi connectivity index (χ2n) is 5.44. The molecule has 0 saturated heterocycles. The Morgan fingerprint density at radius 3 is 1.26 bits per heavy atom. The SMILES string of the molecule is CC(Cc1ccccc1)NO.CC(Cc1ccccc1)NO.O. The van der Waals surface area contributed by atoms with Gasteiger partial charge in [0.05, 0.1) is 0 Å².